The SMILES string of the molecule is N#Cc1c(NC2CNC2)nn(C2CCCC2O)c1N. The number of aliphatic hydroxyl groups excluding tert-OH is 1. The highest BCUT2D eigenvalue weighted by molar-refractivity contribution is 5.64. The van der Waals surface area contributed by atoms with Crippen molar-refractivity contribution >= 4 is 11.6 Å². The first-order chi connectivity index (χ1) is 9.20. The zero-order chi connectivity index (χ0) is 13.4. The molecule has 7 nitrogen and oxygen atoms in total. The van der Waals surface area contributed by atoms with E-state index >= 15 is 0 Å². The number of nitrogen functional groups attached to an aromatic ring is 1. The summed E-state index contributed by atoms with van der Waals surface area (Å²) in [7, 11) is 0. The van der Waals surface area contributed by atoms with E-state index in [4.69, 9.17) is 5.73 Å². The molecule has 0 radical (unpaired) electrons. The third-order valence-corrected chi connectivity index (χ3v) is 3.94. The summed E-state index contributed by atoms with van der Waals surface area (Å²) in [6.07, 6.45) is 2.15. The van der Waals surface area contributed by atoms with Gasteiger partial charge in [0.15, 0.2) is 5.82 Å². The minimum Gasteiger partial charge on any atom is -0.391 e. The minimum absolute atomic E-state index is 0.109. The van der Waals surface area contributed by atoms with Crippen molar-refractivity contribution in [1.82, 2.24) is 15.1 Å². The molecule has 7 heteroatoms. The van der Waals surface area contributed by atoms with Crippen molar-refractivity contribution in [3.05, 3.63) is 5.56 Å². The summed E-state index contributed by atoms with van der Waals surface area (Å²) in [6.45, 7) is 1.73. The molecule has 0 amide bonds. The summed E-state index contributed by atoms with van der Waals surface area (Å²) >= 11 is 0. The third kappa shape index (κ3) is 2.03. The summed E-state index contributed by atoms with van der Waals surface area (Å²) in [4.78, 5) is 0. The number of nitrogens with two attached hydrogens (primary N) is 1. The Morgan fingerprint density at radius 1 is 1.47 bits per heavy atom. The summed E-state index contributed by atoms with van der Waals surface area (Å²) in [5.74, 6) is 0.883. The normalized spacial score (nSPS) is 26.9. The van der Waals surface area contributed by atoms with Crippen molar-refractivity contribution in [2.75, 3.05) is 24.1 Å². The van der Waals surface area contributed by atoms with Crippen LogP contribution in [-0.4, -0.2) is 40.1 Å². The Labute approximate surface area is 111 Å². The van der Waals surface area contributed by atoms with Crippen LogP contribution in [-0.2, 0) is 0 Å². The van der Waals surface area contributed by atoms with Gasteiger partial charge in [0.05, 0.1) is 18.2 Å². The molecular formula is C12H18N6O. The number of nitriles is 1. The lowest BCUT2D eigenvalue weighted by molar-refractivity contribution is 0.131. The third-order valence-electron chi connectivity index (χ3n) is 3.94. The molecule has 19 heavy (non-hydrogen) atoms. The molecule has 0 aromatic carbocycles. The van der Waals surface area contributed by atoms with Gasteiger partial charge >= 0.3 is 0 Å². The molecule has 1 aliphatic heterocycles. The van der Waals surface area contributed by atoms with E-state index in [9.17, 15) is 10.4 Å². The minimum atomic E-state index is -0.424. The Bertz CT molecular complexity index is 515. The van der Waals surface area contributed by atoms with E-state index < -0.39 is 6.10 Å². The zero-order valence-corrected chi connectivity index (χ0v) is 10.6. The van der Waals surface area contributed by atoms with E-state index in [1.807, 2.05) is 0 Å². The van der Waals surface area contributed by atoms with Crippen LogP contribution in [0.2, 0.25) is 0 Å². The molecule has 1 aromatic heterocycles. The highest BCUT2D eigenvalue weighted by Crippen LogP contribution is 2.34. The van der Waals surface area contributed by atoms with Crippen molar-refractivity contribution in [3.63, 3.8) is 0 Å². The molecular weight excluding hydrogens is 244 g/mol. The molecule has 1 saturated heterocycles. The van der Waals surface area contributed by atoms with Crippen LogP contribution >= 0.6 is 0 Å². The lowest BCUT2D eigenvalue weighted by Gasteiger charge is -2.27. The van der Waals surface area contributed by atoms with Crippen molar-refractivity contribution in [2.45, 2.75) is 37.5 Å². The first-order valence-electron chi connectivity index (χ1n) is 6.64. The summed E-state index contributed by atoms with van der Waals surface area (Å²) < 4.78 is 1.62. The maximum Gasteiger partial charge on any atom is 0.168 e. The number of aliphatic hydroxyl groups is 1. The molecule has 0 bridgehead atoms. The van der Waals surface area contributed by atoms with E-state index in [2.05, 4.69) is 21.8 Å². The fourth-order valence-corrected chi connectivity index (χ4v) is 2.70. The molecule has 2 heterocycles. The van der Waals surface area contributed by atoms with Crippen LogP contribution in [0.5, 0.6) is 0 Å². The smallest absolute Gasteiger partial charge is 0.168 e. The van der Waals surface area contributed by atoms with Crippen LogP contribution in [0, 0.1) is 11.3 Å². The van der Waals surface area contributed by atoms with Crippen LogP contribution in [0.3, 0.4) is 0 Å². The van der Waals surface area contributed by atoms with Crippen molar-refractivity contribution in [3.8, 4) is 6.07 Å². The van der Waals surface area contributed by atoms with Gasteiger partial charge in [-0.1, -0.05) is 0 Å². The average molecular weight is 262 g/mol. The molecule has 2 unspecified atom stereocenters. The van der Waals surface area contributed by atoms with Crippen LogP contribution in [0.25, 0.3) is 0 Å². The second-order valence-electron chi connectivity index (χ2n) is 5.23. The van der Waals surface area contributed by atoms with Crippen LogP contribution in [0.4, 0.5) is 11.6 Å². The molecule has 1 aromatic rings. The van der Waals surface area contributed by atoms with E-state index in [-0.39, 0.29) is 6.04 Å². The lowest BCUT2D eigenvalue weighted by atomic mass is 10.2. The number of nitrogens with zero attached hydrogens (tertiary/aromatic N) is 3. The molecule has 3 rings (SSSR count). The molecule has 2 atom stereocenters. The Morgan fingerprint density at radius 3 is 2.79 bits per heavy atom. The fraction of sp³-hybridized carbons (Fsp3) is 0.667. The number of aromatic nitrogens is 2. The van der Waals surface area contributed by atoms with Gasteiger partial charge in [0, 0.05) is 13.1 Å². The molecule has 2 fully saturated rings. The number of hydrogen-bond donors (Lipinski definition) is 4. The molecule has 0 spiro atoms. The van der Waals surface area contributed by atoms with Crippen molar-refractivity contribution in [1.29, 1.82) is 5.26 Å². The van der Waals surface area contributed by atoms with Gasteiger partial charge in [0.25, 0.3) is 0 Å². The van der Waals surface area contributed by atoms with Gasteiger partial charge in [0.2, 0.25) is 0 Å². The van der Waals surface area contributed by atoms with Gasteiger partial charge in [-0.3, -0.25) is 0 Å². The van der Waals surface area contributed by atoms with Crippen molar-refractivity contribution in [2.24, 2.45) is 0 Å². The van der Waals surface area contributed by atoms with Gasteiger partial charge in [-0.2, -0.15) is 10.4 Å². The summed E-state index contributed by atoms with van der Waals surface area (Å²) in [5.41, 5.74) is 6.38. The standard InChI is InChI=1S/C12H18N6O/c13-4-8-11(14)18(9-2-1-3-10(9)19)17-12(8)16-7-5-15-6-7/h7,9-10,15,19H,1-3,5-6,14H2,(H,16,17). The van der Waals surface area contributed by atoms with Gasteiger partial charge in [-0.15, -0.1) is 0 Å². The number of anilines is 2. The van der Waals surface area contributed by atoms with E-state index in [1.54, 1.807) is 4.68 Å². The number of hydrogen-bond acceptors (Lipinski definition) is 6. The molecule has 1 saturated carbocycles. The van der Waals surface area contributed by atoms with Gasteiger partial charge in [-0.05, 0) is 19.3 Å². The largest absolute Gasteiger partial charge is 0.391 e. The van der Waals surface area contributed by atoms with Gasteiger partial charge in [-0.25, -0.2) is 4.68 Å². The van der Waals surface area contributed by atoms with Crippen molar-refractivity contribution < 1.29 is 5.11 Å². The van der Waals surface area contributed by atoms with E-state index in [0.29, 0.717) is 23.2 Å². The molecule has 2 aliphatic rings. The van der Waals surface area contributed by atoms with Crippen LogP contribution < -0.4 is 16.4 Å². The fourth-order valence-electron chi connectivity index (χ4n) is 2.70. The van der Waals surface area contributed by atoms with Gasteiger partial charge < -0.3 is 21.5 Å². The Balaban J connectivity index is 1.90. The second-order valence-corrected chi connectivity index (χ2v) is 5.23. The van der Waals surface area contributed by atoms with Gasteiger partial charge in [0.1, 0.15) is 17.5 Å². The quantitative estimate of drug-likeness (QED) is 0.600. The van der Waals surface area contributed by atoms with Crippen LogP contribution in [0.1, 0.15) is 30.9 Å². The first-order valence-corrected chi connectivity index (χ1v) is 6.64. The average Bonchev–Trinajstić information content (AvgIpc) is 2.88. The number of rotatable bonds is 3. The first kappa shape index (κ1) is 12.3. The highest BCUT2D eigenvalue weighted by atomic mass is 16.3. The van der Waals surface area contributed by atoms with E-state index in [1.165, 1.54) is 0 Å². The molecule has 5 N–H and O–H groups in total. The Kier molecular flexibility index (Phi) is 3.05. The molecule has 1 aliphatic carbocycles. The van der Waals surface area contributed by atoms with E-state index in [0.717, 1.165) is 32.4 Å². The highest BCUT2D eigenvalue weighted by Gasteiger charge is 2.31. The maximum atomic E-state index is 9.95. The number of nitrogens with one attached hydrogen (secondary N) is 2. The lowest BCUT2D eigenvalue weighted by Crippen LogP contribution is -2.51. The zero-order valence-electron chi connectivity index (χ0n) is 10.6. The topological polar surface area (TPSA) is 112 Å². The predicted octanol–water partition coefficient (Wildman–Crippen LogP) is -0.193. The Morgan fingerprint density at radius 2 is 2.26 bits per heavy atom. The second kappa shape index (κ2) is 4.72. The maximum absolute atomic E-state index is 9.95. The summed E-state index contributed by atoms with van der Waals surface area (Å²) in [6, 6.07) is 2.29. The summed E-state index contributed by atoms with van der Waals surface area (Å²) in [5, 5.41) is 29.9. The Hall–Kier alpha value is -1.78. The van der Waals surface area contributed by atoms with Crippen LogP contribution in [0.15, 0.2) is 0 Å². The molecule has 102 valence electrons. The predicted molar refractivity (Wildman–Crippen MR) is 70.5 cm³/mol. The monoisotopic (exact) mass is 262 g/mol.